The van der Waals surface area contributed by atoms with E-state index < -0.39 is 10.0 Å². The van der Waals surface area contributed by atoms with Crippen molar-refractivity contribution >= 4 is 27.3 Å². The fraction of sp³-hybridized carbons (Fsp3) is 0.381. The minimum atomic E-state index is -3.26. The summed E-state index contributed by atoms with van der Waals surface area (Å²) < 4.78 is 39.0. The highest BCUT2D eigenvalue weighted by Gasteiger charge is 2.27. The highest BCUT2D eigenvalue weighted by Crippen LogP contribution is 2.24. The van der Waals surface area contributed by atoms with Gasteiger partial charge in [0.2, 0.25) is 10.0 Å². The summed E-state index contributed by atoms with van der Waals surface area (Å²) in [5.74, 6) is -0.147. The first-order chi connectivity index (χ1) is 13.9. The van der Waals surface area contributed by atoms with E-state index in [1.807, 2.05) is 0 Å². The van der Waals surface area contributed by atoms with Crippen molar-refractivity contribution < 1.29 is 17.6 Å². The summed E-state index contributed by atoms with van der Waals surface area (Å²) in [6.07, 6.45) is 1.54. The van der Waals surface area contributed by atoms with Crippen LogP contribution in [0.15, 0.2) is 48.5 Å². The van der Waals surface area contributed by atoms with Gasteiger partial charge < -0.3 is 9.80 Å². The SMILES string of the molecule is O=C(c1ccc(N2CCCCS2(=O)=O)cc1)N1CCN(c2ccc(F)cc2)CC1. The zero-order valence-corrected chi connectivity index (χ0v) is 16.9. The lowest BCUT2D eigenvalue weighted by Gasteiger charge is -2.36. The zero-order chi connectivity index (χ0) is 20.4. The van der Waals surface area contributed by atoms with Gasteiger partial charge in [-0.05, 0) is 61.4 Å². The van der Waals surface area contributed by atoms with E-state index in [0.29, 0.717) is 50.4 Å². The predicted octanol–water partition coefficient (Wildman–Crippen LogP) is 2.72. The van der Waals surface area contributed by atoms with Gasteiger partial charge in [0.25, 0.3) is 5.91 Å². The molecule has 0 atom stereocenters. The summed E-state index contributed by atoms with van der Waals surface area (Å²) in [5, 5.41) is 0. The molecule has 0 aliphatic carbocycles. The number of anilines is 2. The van der Waals surface area contributed by atoms with Gasteiger partial charge in [-0.3, -0.25) is 9.10 Å². The van der Waals surface area contributed by atoms with Gasteiger partial charge in [-0.1, -0.05) is 0 Å². The molecule has 0 radical (unpaired) electrons. The summed E-state index contributed by atoms with van der Waals surface area (Å²) in [7, 11) is -3.26. The molecular weight excluding hydrogens is 393 g/mol. The molecule has 2 aliphatic heterocycles. The predicted molar refractivity (Wildman–Crippen MR) is 111 cm³/mol. The quantitative estimate of drug-likeness (QED) is 0.771. The van der Waals surface area contributed by atoms with Gasteiger partial charge in [0.15, 0.2) is 0 Å². The van der Waals surface area contributed by atoms with Crippen LogP contribution >= 0.6 is 0 Å². The topological polar surface area (TPSA) is 60.9 Å². The van der Waals surface area contributed by atoms with E-state index in [1.54, 1.807) is 41.3 Å². The van der Waals surface area contributed by atoms with Gasteiger partial charge in [0, 0.05) is 44.0 Å². The molecule has 154 valence electrons. The lowest BCUT2D eigenvalue weighted by atomic mass is 10.1. The van der Waals surface area contributed by atoms with E-state index >= 15 is 0 Å². The molecule has 0 spiro atoms. The molecule has 0 N–H and O–H groups in total. The Hall–Kier alpha value is -2.61. The number of sulfonamides is 1. The van der Waals surface area contributed by atoms with Crippen LogP contribution in [-0.4, -0.2) is 57.7 Å². The molecule has 29 heavy (non-hydrogen) atoms. The minimum Gasteiger partial charge on any atom is -0.368 e. The van der Waals surface area contributed by atoms with E-state index in [0.717, 1.165) is 12.1 Å². The van der Waals surface area contributed by atoms with Crippen molar-refractivity contribution in [2.45, 2.75) is 12.8 Å². The van der Waals surface area contributed by atoms with Crippen LogP contribution in [0.3, 0.4) is 0 Å². The van der Waals surface area contributed by atoms with Crippen LogP contribution in [0.25, 0.3) is 0 Å². The Labute approximate surface area is 170 Å². The lowest BCUT2D eigenvalue weighted by molar-refractivity contribution is 0.0747. The van der Waals surface area contributed by atoms with E-state index in [2.05, 4.69) is 4.90 Å². The molecule has 2 aromatic rings. The van der Waals surface area contributed by atoms with E-state index in [-0.39, 0.29) is 17.5 Å². The summed E-state index contributed by atoms with van der Waals surface area (Å²) in [4.78, 5) is 16.8. The number of benzene rings is 2. The third-order valence-electron chi connectivity index (χ3n) is 5.51. The van der Waals surface area contributed by atoms with E-state index in [9.17, 15) is 17.6 Å². The van der Waals surface area contributed by atoms with Gasteiger partial charge in [0.1, 0.15) is 5.82 Å². The molecule has 4 rings (SSSR count). The maximum Gasteiger partial charge on any atom is 0.253 e. The summed E-state index contributed by atoms with van der Waals surface area (Å²) in [5.41, 5.74) is 2.12. The Balaban J connectivity index is 1.39. The number of carbonyl (C=O) groups excluding carboxylic acids is 1. The Morgan fingerprint density at radius 1 is 0.793 bits per heavy atom. The third kappa shape index (κ3) is 4.22. The minimum absolute atomic E-state index is 0.0585. The van der Waals surface area contributed by atoms with Crippen molar-refractivity contribution in [3.63, 3.8) is 0 Å². The van der Waals surface area contributed by atoms with Crippen molar-refractivity contribution in [2.24, 2.45) is 0 Å². The second-order valence-corrected chi connectivity index (χ2v) is 9.41. The van der Waals surface area contributed by atoms with Crippen LogP contribution in [0.4, 0.5) is 15.8 Å². The Morgan fingerprint density at radius 2 is 1.41 bits per heavy atom. The second kappa shape index (κ2) is 8.02. The Bertz CT molecular complexity index is 969. The molecule has 2 fully saturated rings. The van der Waals surface area contributed by atoms with Gasteiger partial charge in [-0.2, -0.15) is 0 Å². The van der Waals surface area contributed by atoms with Gasteiger partial charge in [-0.15, -0.1) is 0 Å². The van der Waals surface area contributed by atoms with Gasteiger partial charge in [0.05, 0.1) is 11.4 Å². The Kier molecular flexibility index (Phi) is 5.45. The Morgan fingerprint density at radius 3 is 2.03 bits per heavy atom. The first-order valence-electron chi connectivity index (χ1n) is 9.84. The first kappa shape index (κ1) is 19.7. The summed E-state index contributed by atoms with van der Waals surface area (Å²) >= 11 is 0. The van der Waals surface area contributed by atoms with Crippen molar-refractivity contribution in [1.29, 1.82) is 0 Å². The number of hydrogen-bond donors (Lipinski definition) is 0. The number of piperazine rings is 1. The second-order valence-electron chi connectivity index (χ2n) is 7.40. The van der Waals surface area contributed by atoms with Crippen LogP contribution < -0.4 is 9.21 Å². The molecule has 0 saturated carbocycles. The molecule has 2 heterocycles. The van der Waals surface area contributed by atoms with Crippen molar-refractivity contribution in [1.82, 2.24) is 4.90 Å². The molecule has 2 saturated heterocycles. The van der Waals surface area contributed by atoms with Gasteiger partial charge in [-0.25, -0.2) is 12.8 Å². The van der Waals surface area contributed by atoms with Gasteiger partial charge >= 0.3 is 0 Å². The molecule has 6 nitrogen and oxygen atoms in total. The number of nitrogens with zero attached hydrogens (tertiary/aromatic N) is 3. The van der Waals surface area contributed by atoms with E-state index in [1.165, 1.54) is 16.4 Å². The lowest BCUT2D eigenvalue weighted by Crippen LogP contribution is -2.48. The number of hydrogen-bond acceptors (Lipinski definition) is 4. The van der Waals surface area contributed by atoms with Crippen molar-refractivity contribution in [3.8, 4) is 0 Å². The van der Waals surface area contributed by atoms with Crippen molar-refractivity contribution in [2.75, 3.05) is 47.7 Å². The largest absolute Gasteiger partial charge is 0.368 e. The summed E-state index contributed by atoms with van der Waals surface area (Å²) in [6.45, 7) is 3.01. The standard InChI is InChI=1S/C21H24FN3O3S/c22-18-5-9-19(10-6-18)23-12-14-24(15-13-23)21(26)17-3-7-20(8-4-17)25-11-1-2-16-29(25,27)28/h3-10H,1-2,11-16H2. The number of carbonyl (C=O) groups is 1. The molecule has 0 bridgehead atoms. The number of amides is 1. The molecule has 2 aromatic carbocycles. The monoisotopic (exact) mass is 417 g/mol. The highest BCUT2D eigenvalue weighted by atomic mass is 32.2. The van der Waals surface area contributed by atoms with Crippen LogP contribution in [-0.2, 0) is 10.0 Å². The maximum atomic E-state index is 13.1. The molecule has 2 aliphatic rings. The third-order valence-corrected chi connectivity index (χ3v) is 7.38. The normalized spacial score (nSPS) is 19.3. The first-order valence-corrected chi connectivity index (χ1v) is 11.5. The molecule has 0 aromatic heterocycles. The average molecular weight is 418 g/mol. The molecule has 0 unspecified atom stereocenters. The summed E-state index contributed by atoms with van der Waals surface area (Å²) in [6, 6.07) is 13.2. The molecule has 8 heteroatoms. The molecular formula is C21H24FN3O3S. The van der Waals surface area contributed by atoms with Crippen LogP contribution in [0.2, 0.25) is 0 Å². The number of rotatable bonds is 3. The smallest absolute Gasteiger partial charge is 0.253 e. The van der Waals surface area contributed by atoms with E-state index in [4.69, 9.17) is 0 Å². The van der Waals surface area contributed by atoms with Crippen LogP contribution in [0.5, 0.6) is 0 Å². The maximum absolute atomic E-state index is 13.1. The zero-order valence-electron chi connectivity index (χ0n) is 16.1. The van der Waals surface area contributed by atoms with Crippen LogP contribution in [0.1, 0.15) is 23.2 Å². The number of halogens is 1. The average Bonchev–Trinajstić information content (AvgIpc) is 2.74. The van der Waals surface area contributed by atoms with Crippen molar-refractivity contribution in [3.05, 3.63) is 59.9 Å². The fourth-order valence-corrected chi connectivity index (χ4v) is 5.49. The molecule has 1 amide bonds. The van der Waals surface area contributed by atoms with Crippen LogP contribution in [0, 0.1) is 5.82 Å². The fourth-order valence-electron chi connectivity index (χ4n) is 3.85. The highest BCUT2D eigenvalue weighted by molar-refractivity contribution is 7.92.